The van der Waals surface area contributed by atoms with E-state index in [-0.39, 0.29) is 0 Å². The van der Waals surface area contributed by atoms with Crippen LogP contribution in [0, 0.1) is 0 Å². The Kier molecular flexibility index (Phi) is 3.75. The third-order valence-electron chi connectivity index (χ3n) is 2.26. The minimum atomic E-state index is 0.524. The average Bonchev–Trinajstić information content (AvgIpc) is 2.33. The van der Waals surface area contributed by atoms with Crippen molar-refractivity contribution in [1.29, 1.82) is 0 Å². The zero-order chi connectivity index (χ0) is 11.4. The van der Waals surface area contributed by atoms with Gasteiger partial charge in [-0.3, -0.25) is 0 Å². The molecule has 16 heavy (non-hydrogen) atoms. The standard InChI is InChI=1S/C13H12ClNS/c14-9-10-5-1-3-7-12(10)16-13-8-4-2-6-11(13)15/h1-8H,9,15H2. The van der Waals surface area contributed by atoms with Crippen molar-refractivity contribution in [2.24, 2.45) is 0 Å². The molecule has 0 radical (unpaired) electrons. The quantitative estimate of drug-likeness (QED) is 0.653. The zero-order valence-corrected chi connectivity index (χ0v) is 10.3. The summed E-state index contributed by atoms with van der Waals surface area (Å²) in [5.74, 6) is 0.524. The highest BCUT2D eigenvalue weighted by atomic mass is 35.5. The molecule has 0 atom stereocenters. The maximum absolute atomic E-state index is 5.91. The van der Waals surface area contributed by atoms with Gasteiger partial charge in [0.05, 0.1) is 0 Å². The van der Waals surface area contributed by atoms with E-state index in [1.807, 2.05) is 42.5 Å². The molecule has 2 rings (SSSR count). The topological polar surface area (TPSA) is 26.0 Å². The van der Waals surface area contributed by atoms with Gasteiger partial charge in [-0.15, -0.1) is 11.6 Å². The highest BCUT2D eigenvalue weighted by Crippen LogP contribution is 2.34. The lowest BCUT2D eigenvalue weighted by Crippen LogP contribution is -1.88. The van der Waals surface area contributed by atoms with Crippen molar-refractivity contribution in [2.75, 3.05) is 5.73 Å². The van der Waals surface area contributed by atoms with Crippen LogP contribution in [0.4, 0.5) is 5.69 Å². The fourth-order valence-corrected chi connectivity index (χ4v) is 2.71. The number of para-hydroxylation sites is 1. The number of nitrogens with two attached hydrogens (primary N) is 1. The number of anilines is 1. The summed E-state index contributed by atoms with van der Waals surface area (Å²) in [5.41, 5.74) is 7.85. The van der Waals surface area contributed by atoms with Crippen molar-refractivity contribution in [3.63, 3.8) is 0 Å². The van der Waals surface area contributed by atoms with Crippen molar-refractivity contribution in [3.8, 4) is 0 Å². The van der Waals surface area contributed by atoms with Crippen LogP contribution < -0.4 is 5.73 Å². The first-order valence-corrected chi connectivity index (χ1v) is 6.32. The smallest absolute Gasteiger partial charge is 0.0485 e. The number of hydrogen-bond donors (Lipinski definition) is 1. The Morgan fingerprint density at radius 3 is 2.25 bits per heavy atom. The predicted molar refractivity (Wildman–Crippen MR) is 71.0 cm³/mol. The van der Waals surface area contributed by atoms with E-state index in [0.29, 0.717) is 5.88 Å². The Hall–Kier alpha value is -1.12. The summed E-state index contributed by atoms with van der Waals surface area (Å²) in [6.45, 7) is 0. The molecule has 82 valence electrons. The summed E-state index contributed by atoms with van der Waals surface area (Å²) in [5, 5.41) is 0. The molecule has 2 N–H and O–H groups in total. The molecule has 0 amide bonds. The van der Waals surface area contributed by atoms with Gasteiger partial charge in [0, 0.05) is 21.4 Å². The van der Waals surface area contributed by atoms with E-state index >= 15 is 0 Å². The average molecular weight is 250 g/mol. The van der Waals surface area contributed by atoms with E-state index in [0.717, 1.165) is 21.0 Å². The van der Waals surface area contributed by atoms with Gasteiger partial charge in [-0.1, -0.05) is 42.1 Å². The Balaban J connectivity index is 2.30. The molecule has 0 heterocycles. The van der Waals surface area contributed by atoms with Gasteiger partial charge in [0.1, 0.15) is 0 Å². The summed E-state index contributed by atoms with van der Waals surface area (Å²) >= 11 is 7.55. The third kappa shape index (κ3) is 2.52. The summed E-state index contributed by atoms with van der Waals surface area (Å²) in [6, 6.07) is 16.0. The molecule has 0 unspecified atom stereocenters. The molecular weight excluding hydrogens is 238 g/mol. The van der Waals surface area contributed by atoms with Crippen molar-refractivity contribution >= 4 is 29.1 Å². The van der Waals surface area contributed by atoms with E-state index in [9.17, 15) is 0 Å². The lowest BCUT2D eigenvalue weighted by atomic mass is 10.2. The molecule has 0 fully saturated rings. The molecule has 3 heteroatoms. The zero-order valence-electron chi connectivity index (χ0n) is 8.69. The van der Waals surface area contributed by atoms with Gasteiger partial charge in [0.2, 0.25) is 0 Å². The number of halogens is 1. The lowest BCUT2D eigenvalue weighted by Gasteiger charge is -2.08. The number of benzene rings is 2. The van der Waals surface area contributed by atoms with Crippen molar-refractivity contribution in [1.82, 2.24) is 0 Å². The van der Waals surface area contributed by atoms with E-state index in [4.69, 9.17) is 17.3 Å². The minimum Gasteiger partial charge on any atom is -0.398 e. The molecular formula is C13H12ClNS. The first-order chi connectivity index (χ1) is 7.81. The first-order valence-electron chi connectivity index (χ1n) is 4.97. The lowest BCUT2D eigenvalue weighted by molar-refractivity contribution is 1.25. The third-order valence-corrected chi connectivity index (χ3v) is 3.75. The summed E-state index contributed by atoms with van der Waals surface area (Å²) in [6.07, 6.45) is 0. The first kappa shape index (κ1) is 11.4. The van der Waals surface area contributed by atoms with E-state index in [1.54, 1.807) is 11.8 Å². The van der Waals surface area contributed by atoms with Gasteiger partial charge in [0.15, 0.2) is 0 Å². The summed E-state index contributed by atoms with van der Waals surface area (Å²) in [4.78, 5) is 2.23. The number of hydrogen-bond acceptors (Lipinski definition) is 2. The maximum Gasteiger partial charge on any atom is 0.0485 e. The van der Waals surface area contributed by atoms with E-state index < -0.39 is 0 Å². The molecule has 0 aromatic heterocycles. The van der Waals surface area contributed by atoms with Gasteiger partial charge < -0.3 is 5.73 Å². The highest BCUT2D eigenvalue weighted by molar-refractivity contribution is 7.99. The Morgan fingerprint density at radius 1 is 0.938 bits per heavy atom. The van der Waals surface area contributed by atoms with Gasteiger partial charge >= 0.3 is 0 Å². The monoisotopic (exact) mass is 249 g/mol. The minimum absolute atomic E-state index is 0.524. The van der Waals surface area contributed by atoms with E-state index in [2.05, 4.69) is 6.07 Å². The van der Waals surface area contributed by atoms with E-state index in [1.165, 1.54) is 0 Å². The van der Waals surface area contributed by atoms with Crippen LogP contribution >= 0.6 is 23.4 Å². The van der Waals surface area contributed by atoms with Crippen LogP contribution in [-0.4, -0.2) is 0 Å². The van der Waals surface area contributed by atoms with Gasteiger partial charge in [-0.2, -0.15) is 0 Å². The van der Waals surface area contributed by atoms with Crippen LogP contribution in [0.2, 0.25) is 0 Å². The molecule has 0 spiro atoms. The molecule has 2 aromatic rings. The van der Waals surface area contributed by atoms with Gasteiger partial charge in [-0.05, 0) is 23.8 Å². The van der Waals surface area contributed by atoms with Crippen molar-refractivity contribution in [2.45, 2.75) is 15.7 Å². The van der Waals surface area contributed by atoms with Gasteiger partial charge in [0.25, 0.3) is 0 Å². The predicted octanol–water partition coefficient (Wildman–Crippen LogP) is 4.16. The van der Waals surface area contributed by atoms with Gasteiger partial charge in [-0.25, -0.2) is 0 Å². The Bertz CT molecular complexity index is 485. The highest BCUT2D eigenvalue weighted by Gasteiger charge is 2.04. The normalized spacial score (nSPS) is 10.3. The second-order valence-electron chi connectivity index (χ2n) is 3.38. The molecule has 1 nitrogen and oxygen atoms in total. The summed E-state index contributed by atoms with van der Waals surface area (Å²) < 4.78 is 0. The van der Waals surface area contributed by atoms with Crippen LogP contribution in [0.25, 0.3) is 0 Å². The number of nitrogen functional groups attached to an aromatic ring is 1. The van der Waals surface area contributed by atoms with Crippen LogP contribution in [0.15, 0.2) is 58.3 Å². The molecule has 0 aliphatic heterocycles. The summed E-state index contributed by atoms with van der Waals surface area (Å²) in [7, 11) is 0. The Labute approximate surface area is 105 Å². The second-order valence-corrected chi connectivity index (χ2v) is 4.73. The molecule has 0 saturated heterocycles. The largest absolute Gasteiger partial charge is 0.398 e. The molecule has 2 aromatic carbocycles. The fraction of sp³-hybridized carbons (Fsp3) is 0.0769. The number of alkyl halides is 1. The van der Waals surface area contributed by atoms with Crippen LogP contribution in [0.3, 0.4) is 0 Å². The van der Waals surface area contributed by atoms with Crippen LogP contribution in [0.5, 0.6) is 0 Å². The van der Waals surface area contributed by atoms with Crippen molar-refractivity contribution < 1.29 is 0 Å². The fourth-order valence-electron chi connectivity index (χ4n) is 1.41. The Morgan fingerprint density at radius 2 is 1.56 bits per heavy atom. The maximum atomic E-state index is 5.91. The van der Waals surface area contributed by atoms with Crippen LogP contribution in [0.1, 0.15) is 5.56 Å². The molecule has 0 saturated carbocycles. The second kappa shape index (κ2) is 5.28. The molecule has 0 aliphatic rings. The SMILES string of the molecule is Nc1ccccc1Sc1ccccc1CCl. The van der Waals surface area contributed by atoms with Crippen molar-refractivity contribution in [3.05, 3.63) is 54.1 Å². The molecule has 0 bridgehead atoms. The van der Waals surface area contributed by atoms with Crippen LogP contribution in [-0.2, 0) is 5.88 Å². The number of rotatable bonds is 3. The molecule has 0 aliphatic carbocycles.